The quantitative estimate of drug-likeness (QED) is 0.680. The highest BCUT2D eigenvalue weighted by atomic mass is 35.5. The summed E-state index contributed by atoms with van der Waals surface area (Å²) in [5, 5.41) is 9.15. The van der Waals surface area contributed by atoms with Crippen LogP contribution in [0.25, 0.3) is 0 Å². The lowest BCUT2D eigenvalue weighted by molar-refractivity contribution is -0.138. The molecular weight excluding hydrogens is 378 g/mol. The van der Waals surface area contributed by atoms with Gasteiger partial charge in [-0.25, -0.2) is 4.79 Å². The first-order valence-corrected chi connectivity index (χ1v) is 10.5. The van der Waals surface area contributed by atoms with Gasteiger partial charge in [0, 0.05) is 10.9 Å². The SMILES string of the molecule is O=C1NC(=O)C2(CC(C(=O)NC3(C4CCCC4)CCc4c(Cl)cccc43)C2)N1. The summed E-state index contributed by atoms with van der Waals surface area (Å²) in [6, 6.07) is 5.54. The van der Waals surface area contributed by atoms with E-state index in [9.17, 15) is 14.4 Å². The maximum atomic E-state index is 13.2. The Bertz CT molecular complexity index is 874. The van der Waals surface area contributed by atoms with Crippen molar-refractivity contribution in [3.8, 4) is 0 Å². The normalized spacial score (nSPS) is 34.1. The summed E-state index contributed by atoms with van der Waals surface area (Å²) in [6.45, 7) is 0. The van der Waals surface area contributed by atoms with Crippen molar-refractivity contribution in [2.45, 2.75) is 62.4 Å². The third kappa shape index (κ3) is 2.50. The zero-order valence-electron chi connectivity index (χ0n) is 15.6. The van der Waals surface area contributed by atoms with E-state index in [1.165, 1.54) is 18.4 Å². The van der Waals surface area contributed by atoms with Crippen molar-refractivity contribution in [1.29, 1.82) is 0 Å². The number of halogens is 1. The fraction of sp³-hybridized carbons (Fsp3) is 0.571. The molecule has 3 N–H and O–H groups in total. The average molecular weight is 402 g/mol. The molecule has 1 aromatic carbocycles. The number of hydrogen-bond donors (Lipinski definition) is 3. The van der Waals surface area contributed by atoms with Crippen LogP contribution in [0.2, 0.25) is 5.02 Å². The maximum absolute atomic E-state index is 13.2. The van der Waals surface area contributed by atoms with Gasteiger partial charge in [-0.2, -0.15) is 0 Å². The third-order valence-corrected chi connectivity index (χ3v) is 7.70. The number of hydrogen-bond acceptors (Lipinski definition) is 3. The summed E-state index contributed by atoms with van der Waals surface area (Å²) >= 11 is 6.46. The molecule has 1 aliphatic heterocycles. The molecule has 6 nitrogen and oxygen atoms in total. The molecule has 0 aromatic heterocycles. The van der Waals surface area contributed by atoms with Crippen molar-refractivity contribution in [2.75, 3.05) is 0 Å². The molecular formula is C21H24ClN3O3. The zero-order valence-corrected chi connectivity index (χ0v) is 16.4. The van der Waals surface area contributed by atoms with Crippen LogP contribution in [-0.4, -0.2) is 23.4 Å². The molecule has 4 amide bonds. The molecule has 1 spiro atoms. The van der Waals surface area contributed by atoms with Gasteiger partial charge < -0.3 is 10.6 Å². The molecule has 1 atom stereocenters. The number of nitrogens with one attached hydrogen (secondary N) is 3. The Kier molecular flexibility index (Phi) is 3.99. The molecule has 3 aliphatic carbocycles. The van der Waals surface area contributed by atoms with Gasteiger partial charge in [0.2, 0.25) is 5.91 Å². The largest absolute Gasteiger partial charge is 0.346 e. The van der Waals surface area contributed by atoms with E-state index in [0.29, 0.717) is 18.8 Å². The number of carbonyl (C=O) groups excluding carboxylic acids is 3. The third-order valence-electron chi connectivity index (χ3n) is 7.34. The van der Waals surface area contributed by atoms with Gasteiger partial charge in [0.25, 0.3) is 5.91 Å². The Morgan fingerprint density at radius 2 is 1.93 bits per heavy atom. The monoisotopic (exact) mass is 401 g/mol. The van der Waals surface area contributed by atoms with Crippen molar-refractivity contribution < 1.29 is 14.4 Å². The van der Waals surface area contributed by atoms with Gasteiger partial charge in [0.1, 0.15) is 5.54 Å². The van der Waals surface area contributed by atoms with E-state index in [0.717, 1.165) is 36.3 Å². The minimum Gasteiger partial charge on any atom is -0.346 e. The van der Waals surface area contributed by atoms with Crippen molar-refractivity contribution >= 4 is 29.4 Å². The number of benzene rings is 1. The lowest BCUT2D eigenvalue weighted by atomic mass is 9.67. The molecule has 5 rings (SSSR count). The molecule has 2 saturated carbocycles. The number of carbonyl (C=O) groups is 3. The Morgan fingerprint density at radius 1 is 1.18 bits per heavy atom. The Hall–Kier alpha value is -2.08. The van der Waals surface area contributed by atoms with Gasteiger partial charge in [0.05, 0.1) is 5.54 Å². The number of amides is 4. The summed E-state index contributed by atoms with van der Waals surface area (Å²) in [5.74, 6) is -0.172. The van der Waals surface area contributed by atoms with Crippen LogP contribution in [0.1, 0.15) is 56.1 Å². The van der Waals surface area contributed by atoms with Gasteiger partial charge in [-0.15, -0.1) is 0 Å². The predicted molar refractivity (Wildman–Crippen MR) is 104 cm³/mol. The summed E-state index contributed by atoms with van der Waals surface area (Å²) in [5.41, 5.74) is 1.07. The minimum absolute atomic E-state index is 0.0145. The lowest BCUT2D eigenvalue weighted by Crippen LogP contribution is -2.62. The number of rotatable bonds is 3. The van der Waals surface area contributed by atoms with E-state index in [2.05, 4.69) is 22.0 Å². The van der Waals surface area contributed by atoms with E-state index in [-0.39, 0.29) is 23.3 Å². The summed E-state index contributed by atoms with van der Waals surface area (Å²) in [7, 11) is 0. The number of imide groups is 1. The van der Waals surface area contributed by atoms with E-state index >= 15 is 0 Å². The Labute approximate surface area is 168 Å². The van der Waals surface area contributed by atoms with Crippen molar-refractivity contribution in [1.82, 2.24) is 16.0 Å². The predicted octanol–water partition coefficient (Wildman–Crippen LogP) is 2.78. The van der Waals surface area contributed by atoms with Crippen LogP contribution in [-0.2, 0) is 21.5 Å². The molecule has 3 fully saturated rings. The van der Waals surface area contributed by atoms with Gasteiger partial charge in [-0.1, -0.05) is 36.6 Å². The number of fused-ring (bicyclic) bond motifs is 1. The van der Waals surface area contributed by atoms with Gasteiger partial charge in [-0.05, 0) is 61.6 Å². The van der Waals surface area contributed by atoms with Crippen LogP contribution >= 0.6 is 11.6 Å². The second-order valence-corrected chi connectivity index (χ2v) is 9.21. The first-order valence-electron chi connectivity index (χ1n) is 10.2. The second kappa shape index (κ2) is 6.21. The summed E-state index contributed by atoms with van der Waals surface area (Å²) in [4.78, 5) is 36.7. The van der Waals surface area contributed by atoms with Crippen molar-refractivity contribution in [3.05, 3.63) is 34.3 Å². The van der Waals surface area contributed by atoms with Crippen molar-refractivity contribution in [2.24, 2.45) is 11.8 Å². The maximum Gasteiger partial charge on any atom is 0.322 e. The van der Waals surface area contributed by atoms with E-state index in [1.807, 2.05) is 12.1 Å². The molecule has 0 bridgehead atoms. The van der Waals surface area contributed by atoms with Crippen LogP contribution in [0.5, 0.6) is 0 Å². The summed E-state index contributed by atoms with van der Waals surface area (Å²) in [6.07, 6.45) is 7.07. The Balaban J connectivity index is 1.39. The summed E-state index contributed by atoms with van der Waals surface area (Å²) < 4.78 is 0. The molecule has 1 heterocycles. The molecule has 1 unspecified atom stereocenters. The minimum atomic E-state index is -0.892. The molecule has 1 aromatic rings. The molecule has 28 heavy (non-hydrogen) atoms. The molecule has 0 radical (unpaired) electrons. The van der Waals surface area contributed by atoms with Crippen LogP contribution < -0.4 is 16.0 Å². The van der Waals surface area contributed by atoms with Crippen LogP contribution in [0.3, 0.4) is 0 Å². The van der Waals surface area contributed by atoms with Crippen molar-refractivity contribution in [3.63, 3.8) is 0 Å². The molecule has 4 aliphatic rings. The molecule has 148 valence electrons. The van der Waals surface area contributed by atoms with Crippen LogP contribution in [0, 0.1) is 11.8 Å². The van der Waals surface area contributed by atoms with E-state index in [1.54, 1.807) is 0 Å². The molecule has 7 heteroatoms. The fourth-order valence-electron chi connectivity index (χ4n) is 5.87. The fourth-order valence-corrected chi connectivity index (χ4v) is 6.14. The Morgan fingerprint density at radius 3 is 2.61 bits per heavy atom. The van der Waals surface area contributed by atoms with Crippen LogP contribution in [0.4, 0.5) is 4.79 Å². The zero-order chi connectivity index (χ0) is 19.5. The highest BCUT2D eigenvalue weighted by Gasteiger charge is 2.58. The highest BCUT2D eigenvalue weighted by molar-refractivity contribution is 6.31. The van der Waals surface area contributed by atoms with Gasteiger partial charge >= 0.3 is 6.03 Å². The van der Waals surface area contributed by atoms with Gasteiger partial charge in [0.15, 0.2) is 0 Å². The first-order chi connectivity index (χ1) is 13.4. The highest BCUT2D eigenvalue weighted by Crippen LogP contribution is 2.50. The van der Waals surface area contributed by atoms with E-state index < -0.39 is 11.6 Å². The van der Waals surface area contributed by atoms with E-state index in [4.69, 9.17) is 11.6 Å². The lowest BCUT2D eigenvalue weighted by Gasteiger charge is -2.44. The smallest absolute Gasteiger partial charge is 0.322 e. The average Bonchev–Trinajstić information content (AvgIpc) is 3.33. The van der Waals surface area contributed by atoms with Crippen LogP contribution in [0.15, 0.2) is 18.2 Å². The second-order valence-electron chi connectivity index (χ2n) is 8.80. The molecule has 1 saturated heterocycles. The standard InChI is InChI=1S/C21H24ClN3O3/c22-16-7-3-6-15-14(16)8-9-21(15,13-4-1-2-5-13)24-17(26)12-10-20(11-12)18(27)23-19(28)25-20/h3,6-7,12-13H,1-2,4-5,8-11H2,(H,24,26)(H2,23,25,27,28). The first kappa shape index (κ1) is 18.0. The topological polar surface area (TPSA) is 87.3 Å². The number of urea groups is 1. The van der Waals surface area contributed by atoms with Gasteiger partial charge in [-0.3, -0.25) is 14.9 Å².